The molecule has 1 saturated heterocycles. The van der Waals surface area contributed by atoms with Crippen LogP contribution in [-0.4, -0.2) is 34.8 Å². The molecular weight excluding hydrogens is 390 g/mol. The number of likely N-dealkylation sites (tertiary alicyclic amines) is 1. The molecule has 3 aromatic rings. The van der Waals surface area contributed by atoms with Gasteiger partial charge in [0.15, 0.2) is 0 Å². The number of nitrogens with one attached hydrogen (secondary N) is 1. The fourth-order valence-electron chi connectivity index (χ4n) is 3.31. The fourth-order valence-corrected chi connectivity index (χ4v) is 4.99. The van der Waals surface area contributed by atoms with Crippen LogP contribution < -0.4 is 5.32 Å². The molecule has 0 aliphatic carbocycles. The van der Waals surface area contributed by atoms with Gasteiger partial charge in [0.25, 0.3) is 11.8 Å². The zero-order valence-corrected chi connectivity index (χ0v) is 17.2. The van der Waals surface area contributed by atoms with E-state index >= 15 is 0 Å². The smallest absolute Gasteiger partial charge is 0.267 e. The zero-order chi connectivity index (χ0) is 19.5. The lowest BCUT2D eigenvalue weighted by atomic mass is 10.1. The molecular formula is C21H21N3O2S2. The number of carbonyl (C=O) groups excluding carboxylic acids is 2. The fraction of sp³-hybridized carbons (Fsp3) is 0.286. The lowest BCUT2D eigenvalue weighted by Crippen LogP contribution is -2.35. The minimum absolute atomic E-state index is 0.0320. The van der Waals surface area contributed by atoms with E-state index in [4.69, 9.17) is 0 Å². The van der Waals surface area contributed by atoms with Crippen molar-refractivity contribution in [2.24, 2.45) is 0 Å². The molecule has 0 unspecified atom stereocenters. The monoisotopic (exact) mass is 411 g/mol. The molecule has 0 bridgehead atoms. The van der Waals surface area contributed by atoms with Crippen molar-refractivity contribution in [1.82, 2.24) is 9.88 Å². The van der Waals surface area contributed by atoms with Crippen molar-refractivity contribution in [3.8, 4) is 10.6 Å². The number of thiazole rings is 1. The van der Waals surface area contributed by atoms with E-state index in [1.807, 2.05) is 34.7 Å². The van der Waals surface area contributed by atoms with E-state index in [9.17, 15) is 9.59 Å². The molecule has 1 aliphatic rings. The van der Waals surface area contributed by atoms with E-state index in [2.05, 4.69) is 10.3 Å². The van der Waals surface area contributed by atoms with Gasteiger partial charge in [-0.05, 0) is 55.8 Å². The molecule has 0 spiro atoms. The van der Waals surface area contributed by atoms with E-state index < -0.39 is 0 Å². The largest absolute Gasteiger partial charge is 0.339 e. The van der Waals surface area contributed by atoms with Crippen molar-refractivity contribution < 1.29 is 9.59 Å². The molecule has 7 heteroatoms. The summed E-state index contributed by atoms with van der Waals surface area (Å²) in [5.74, 6) is -0.163. The zero-order valence-electron chi connectivity index (χ0n) is 15.6. The third kappa shape index (κ3) is 4.00. The van der Waals surface area contributed by atoms with Crippen LogP contribution in [0.1, 0.15) is 45.0 Å². The van der Waals surface area contributed by atoms with E-state index in [1.54, 1.807) is 29.5 Å². The number of aromatic nitrogens is 1. The number of anilines is 1. The first-order chi connectivity index (χ1) is 13.6. The minimum Gasteiger partial charge on any atom is -0.339 e. The Morgan fingerprint density at radius 3 is 2.71 bits per heavy atom. The Labute approximate surface area is 172 Å². The SMILES string of the molecule is Cc1nc(-c2ccsc2)sc1C(=O)Nc1cccc(C(=O)N2CCCCC2)c1. The molecule has 2 aromatic heterocycles. The van der Waals surface area contributed by atoms with Crippen LogP contribution in [-0.2, 0) is 0 Å². The summed E-state index contributed by atoms with van der Waals surface area (Å²) < 4.78 is 0. The van der Waals surface area contributed by atoms with Gasteiger partial charge in [-0.3, -0.25) is 9.59 Å². The lowest BCUT2D eigenvalue weighted by molar-refractivity contribution is 0.0724. The average molecular weight is 412 g/mol. The van der Waals surface area contributed by atoms with Crippen LogP contribution in [0.5, 0.6) is 0 Å². The van der Waals surface area contributed by atoms with Gasteiger partial charge in [-0.2, -0.15) is 11.3 Å². The first kappa shape index (κ1) is 18.8. The summed E-state index contributed by atoms with van der Waals surface area (Å²) in [5, 5.41) is 7.78. The molecule has 144 valence electrons. The van der Waals surface area contributed by atoms with E-state index in [0.29, 0.717) is 21.8 Å². The quantitative estimate of drug-likeness (QED) is 0.653. The van der Waals surface area contributed by atoms with Gasteiger partial charge in [-0.15, -0.1) is 11.3 Å². The molecule has 28 heavy (non-hydrogen) atoms. The Hall–Kier alpha value is -2.51. The van der Waals surface area contributed by atoms with Crippen LogP contribution in [0.4, 0.5) is 5.69 Å². The maximum absolute atomic E-state index is 12.8. The lowest BCUT2D eigenvalue weighted by Gasteiger charge is -2.26. The first-order valence-electron chi connectivity index (χ1n) is 9.32. The normalized spacial score (nSPS) is 14.1. The number of nitrogens with zero attached hydrogens (tertiary/aromatic N) is 2. The number of rotatable bonds is 4. The predicted octanol–water partition coefficient (Wildman–Crippen LogP) is 5.06. The minimum atomic E-state index is -0.195. The van der Waals surface area contributed by atoms with Gasteiger partial charge >= 0.3 is 0 Å². The summed E-state index contributed by atoms with van der Waals surface area (Å²) in [5.41, 5.74) is 2.98. The Morgan fingerprint density at radius 2 is 1.96 bits per heavy atom. The molecule has 0 saturated carbocycles. The molecule has 1 N–H and O–H groups in total. The van der Waals surface area contributed by atoms with Crippen LogP contribution in [0.15, 0.2) is 41.1 Å². The van der Waals surface area contributed by atoms with E-state index in [1.165, 1.54) is 17.8 Å². The topological polar surface area (TPSA) is 62.3 Å². The highest BCUT2D eigenvalue weighted by Crippen LogP contribution is 2.30. The number of amides is 2. The van der Waals surface area contributed by atoms with Gasteiger partial charge in [0.2, 0.25) is 0 Å². The third-order valence-corrected chi connectivity index (χ3v) is 6.67. The summed E-state index contributed by atoms with van der Waals surface area (Å²) in [6.07, 6.45) is 3.29. The second kappa shape index (κ2) is 8.24. The maximum atomic E-state index is 12.8. The highest BCUT2D eigenvalue weighted by molar-refractivity contribution is 7.17. The Bertz CT molecular complexity index is 989. The first-order valence-corrected chi connectivity index (χ1v) is 11.1. The van der Waals surface area contributed by atoms with Gasteiger partial charge in [-0.25, -0.2) is 4.98 Å². The second-order valence-corrected chi connectivity index (χ2v) is 8.61. The predicted molar refractivity (Wildman–Crippen MR) is 114 cm³/mol. The number of hydrogen-bond acceptors (Lipinski definition) is 5. The standard InChI is InChI=1S/C21H21N3O2S2/c1-14-18(28-20(22-14)16-8-11-27-13-16)19(25)23-17-7-5-6-15(12-17)21(26)24-9-3-2-4-10-24/h5-8,11-13H,2-4,9-10H2,1H3,(H,23,25). The summed E-state index contributed by atoms with van der Waals surface area (Å²) >= 11 is 2.99. The van der Waals surface area contributed by atoms with Crippen molar-refractivity contribution in [1.29, 1.82) is 0 Å². The molecule has 5 nitrogen and oxygen atoms in total. The molecule has 1 aliphatic heterocycles. The van der Waals surface area contributed by atoms with E-state index in [-0.39, 0.29) is 11.8 Å². The number of piperidine rings is 1. The number of hydrogen-bond donors (Lipinski definition) is 1. The van der Waals surface area contributed by atoms with Crippen LogP contribution in [0.2, 0.25) is 0 Å². The highest BCUT2D eigenvalue weighted by Gasteiger charge is 2.20. The van der Waals surface area contributed by atoms with Gasteiger partial charge in [0.1, 0.15) is 9.88 Å². The van der Waals surface area contributed by atoms with Crippen LogP contribution in [0.25, 0.3) is 10.6 Å². The maximum Gasteiger partial charge on any atom is 0.267 e. The molecule has 4 rings (SSSR count). The van der Waals surface area contributed by atoms with Crippen LogP contribution >= 0.6 is 22.7 Å². The van der Waals surface area contributed by atoms with Gasteiger partial charge in [0.05, 0.1) is 5.69 Å². The number of aryl methyl sites for hydroxylation is 1. The van der Waals surface area contributed by atoms with Crippen molar-refractivity contribution >= 4 is 40.2 Å². The summed E-state index contributed by atoms with van der Waals surface area (Å²) in [6, 6.07) is 9.18. The molecule has 1 aromatic carbocycles. The number of carbonyl (C=O) groups is 2. The summed E-state index contributed by atoms with van der Waals surface area (Å²) in [4.78, 5) is 32.5. The molecule has 0 atom stereocenters. The average Bonchev–Trinajstić information content (AvgIpc) is 3.38. The molecule has 0 radical (unpaired) electrons. The highest BCUT2D eigenvalue weighted by atomic mass is 32.1. The van der Waals surface area contributed by atoms with Gasteiger partial charge in [-0.1, -0.05) is 6.07 Å². The summed E-state index contributed by atoms with van der Waals surface area (Å²) in [7, 11) is 0. The Morgan fingerprint density at radius 1 is 1.14 bits per heavy atom. The number of thiophene rings is 1. The van der Waals surface area contributed by atoms with Crippen molar-refractivity contribution in [2.75, 3.05) is 18.4 Å². The third-order valence-electron chi connectivity index (χ3n) is 4.78. The molecule has 3 heterocycles. The van der Waals surface area contributed by atoms with Gasteiger partial charge in [0, 0.05) is 35.3 Å². The number of benzene rings is 1. The van der Waals surface area contributed by atoms with Crippen LogP contribution in [0, 0.1) is 6.92 Å². The Kier molecular flexibility index (Phi) is 5.54. The van der Waals surface area contributed by atoms with Crippen molar-refractivity contribution in [2.45, 2.75) is 26.2 Å². The molecule has 2 amide bonds. The van der Waals surface area contributed by atoms with Crippen molar-refractivity contribution in [3.63, 3.8) is 0 Å². The second-order valence-electron chi connectivity index (χ2n) is 6.83. The van der Waals surface area contributed by atoms with E-state index in [0.717, 1.165) is 36.5 Å². The van der Waals surface area contributed by atoms with Crippen LogP contribution in [0.3, 0.4) is 0 Å². The van der Waals surface area contributed by atoms with Crippen molar-refractivity contribution in [3.05, 3.63) is 57.2 Å². The molecule has 1 fully saturated rings. The van der Waals surface area contributed by atoms with Gasteiger partial charge < -0.3 is 10.2 Å². The Balaban J connectivity index is 1.50. The summed E-state index contributed by atoms with van der Waals surface area (Å²) in [6.45, 7) is 3.46.